The maximum atomic E-state index is 9.77. The van der Waals surface area contributed by atoms with Crippen molar-refractivity contribution in [3.05, 3.63) is 52.0 Å². The summed E-state index contributed by atoms with van der Waals surface area (Å²) in [6, 6.07) is 10.0. The molecule has 114 valence electrons. The van der Waals surface area contributed by atoms with Crippen molar-refractivity contribution >= 4 is 11.3 Å². The number of nitrogens with zero attached hydrogens (tertiary/aromatic N) is 1. The van der Waals surface area contributed by atoms with Crippen LogP contribution in [0.15, 0.2) is 35.7 Å². The van der Waals surface area contributed by atoms with E-state index < -0.39 is 5.54 Å². The third-order valence-electron chi connectivity index (χ3n) is 3.58. The molecule has 1 aromatic carbocycles. The van der Waals surface area contributed by atoms with Gasteiger partial charge in [-0.25, -0.2) is 4.98 Å². The van der Waals surface area contributed by atoms with E-state index in [0.717, 1.165) is 16.3 Å². The zero-order valence-corrected chi connectivity index (χ0v) is 14.0. The first kappa shape index (κ1) is 16.1. The number of hydrogen-bond acceptors (Lipinski definition) is 4. The summed E-state index contributed by atoms with van der Waals surface area (Å²) in [5.41, 5.74) is 1.74. The summed E-state index contributed by atoms with van der Waals surface area (Å²) in [7, 11) is 0. The zero-order valence-electron chi connectivity index (χ0n) is 13.2. The Labute approximate surface area is 131 Å². The van der Waals surface area contributed by atoms with Gasteiger partial charge in [0.15, 0.2) is 0 Å². The molecule has 1 aromatic heterocycles. The number of thiazole rings is 1. The maximum Gasteiger partial charge on any atom is 0.0982 e. The monoisotopic (exact) mass is 304 g/mol. The van der Waals surface area contributed by atoms with Crippen LogP contribution < -0.4 is 5.32 Å². The molecule has 0 saturated heterocycles. The molecule has 3 nitrogen and oxygen atoms in total. The summed E-state index contributed by atoms with van der Waals surface area (Å²) in [6.45, 7) is 9.23. The quantitative estimate of drug-likeness (QED) is 0.889. The topological polar surface area (TPSA) is 45.2 Å². The predicted molar refractivity (Wildman–Crippen MR) is 88.5 cm³/mol. The van der Waals surface area contributed by atoms with Crippen LogP contribution in [0.4, 0.5) is 0 Å². The second-order valence-corrected chi connectivity index (χ2v) is 7.46. The Morgan fingerprint density at radius 1 is 1.14 bits per heavy atom. The maximum absolute atomic E-state index is 9.77. The first-order chi connectivity index (χ1) is 9.85. The van der Waals surface area contributed by atoms with E-state index in [9.17, 15) is 5.11 Å². The fourth-order valence-electron chi connectivity index (χ4n) is 2.07. The van der Waals surface area contributed by atoms with Gasteiger partial charge in [0.2, 0.25) is 0 Å². The van der Waals surface area contributed by atoms with Gasteiger partial charge in [0.05, 0.1) is 22.8 Å². The lowest BCUT2D eigenvalue weighted by molar-refractivity contribution is 0.173. The molecule has 4 heteroatoms. The van der Waals surface area contributed by atoms with E-state index in [4.69, 9.17) is 0 Å². The summed E-state index contributed by atoms with van der Waals surface area (Å²) in [6.07, 6.45) is 0. The molecular formula is C17H24N2OS. The van der Waals surface area contributed by atoms with Crippen molar-refractivity contribution in [1.29, 1.82) is 0 Å². The second kappa shape index (κ2) is 6.26. The number of aliphatic hydroxyl groups excluding tert-OH is 1. The van der Waals surface area contributed by atoms with Crippen LogP contribution >= 0.6 is 11.3 Å². The number of benzene rings is 1. The van der Waals surface area contributed by atoms with Crippen LogP contribution in [0.3, 0.4) is 0 Å². The highest BCUT2D eigenvalue weighted by Gasteiger charge is 2.25. The van der Waals surface area contributed by atoms with Crippen LogP contribution in [0, 0.1) is 0 Å². The minimum atomic E-state index is -0.452. The standard InChI is InChI=1S/C17H24N2OS/c1-16(2,3)15-19-14(11-21-15)10-18-17(4,12-20)13-8-6-5-7-9-13/h5-9,11,18,20H,10,12H2,1-4H3. The van der Waals surface area contributed by atoms with Crippen molar-refractivity contribution in [2.45, 2.75) is 45.2 Å². The van der Waals surface area contributed by atoms with Crippen LogP contribution in [0.1, 0.15) is 44.0 Å². The lowest BCUT2D eigenvalue weighted by atomic mass is 9.93. The Bertz CT molecular complexity index is 574. The largest absolute Gasteiger partial charge is 0.394 e. The summed E-state index contributed by atoms with van der Waals surface area (Å²) in [5.74, 6) is 0. The average molecular weight is 304 g/mol. The third kappa shape index (κ3) is 3.90. The number of aromatic nitrogens is 1. The summed E-state index contributed by atoms with van der Waals surface area (Å²) in [4.78, 5) is 4.69. The van der Waals surface area contributed by atoms with Gasteiger partial charge in [-0.05, 0) is 12.5 Å². The summed E-state index contributed by atoms with van der Waals surface area (Å²) in [5, 5.41) is 16.4. The Morgan fingerprint density at radius 2 is 1.81 bits per heavy atom. The molecule has 0 spiro atoms. The van der Waals surface area contributed by atoms with Crippen molar-refractivity contribution in [3.8, 4) is 0 Å². The van der Waals surface area contributed by atoms with Crippen molar-refractivity contribution < 1.29 is 5.11 Å². The van der Waals surface area contributed by atoms with Gasteiger partial charge in [0, 0.05) is 17.3 Å². The van der Waals surface area contributed by atoms with Crippen LogP contribution in [0.5, 0.6) is 0 Å². The molecule has 0 saturated carbocycles. The minimum Gasteiger partial charge on any atom is -0.394 e. The van der Waals surface area contributed by atoms with Gasteiger partial charge >= 0.3 is 0 Å². The molecule has 0 amide bonds. The molecule has 0 fully saturated rings. The molecule has 1 unspecified atom stereocenters. The SMILES string of the molecule is CC(C)(C)c1nc(CNC(C)(CO)c2ccccc2)cs1. The van der Waals surface area contributed by atoms with Gasteiger partial charge in [-0.3, -0.25) is 5.32 Å². The molecule has 1 heterocycles. The van der Waals surface area contributed by atoms with Gasteiger partial charge < -0.3 is 5.11 Å². The highest BCUT2D eigenvalue weighted by atomic mass is 32.1. The second-order valence-electron chi connectivity index (χ2n) is 6.60. The van der Waals surface area contributed by atoms with E-state index in [1.54, 1.807) is 11.3 Å². The predicted octanol–water partition coefficient (Wildman–Crippen LogP) is 3.44. The lowest BCUT2D eigenvalue weighted by Gasteiger charge is -2.29. The van der Waals surface area contributed by atoms with Gasteiger partial charge in [-0.1, -0.05) is 51.1 Å². The molecule has 2 aromatic rings. The van der Waals surface area contributed by atoms with E-state index in [2.05, 4.69) is 36.5 Å². The lowest BCUT2D eigenvalue weighted by Crippen LogP contribution is -2.42. The molecule has 1 atom stereocenters. The Hall–Kier alpha value is -1.23. The van der Waals surface area contributed by atoms with E-state index in [-0.39, 0.29) is 12.0 Å². The van der Waals surface area contributed by atoms with Crippen LogP contribution in [0.2, 0.25) is 0 Å². The molecule has 2 N–H and O–H groups in total. The molecule has 0 aliphatic heterocycles. The van der Waals surface area contributed by atoms with E-state index >= 15 is 0 Å². The number of rotatable bonds is 5. The average Bonchev–Trinajstić information content (AvgIpc) is 2.95. The van der Waals surface area contributed by atoms with Crippen LogP contribution in [-0.2, 0) is 17.5 Å². The van der Waals surface area contributed by atoms with Gasteiger partial charge in [-0.2, -0.15) is 0 Å². The molecule has 0 radical (unpaired) electrons. The first-order valence-electron chi connectivity index (χ1n) is 7.21. The first-order valence-corrected chi connectivity index (χ1v) is 8.09. The Morgan fingerprint density at radius 3 is 2.33 bits per heavy atom. The third-order valence-corrected chi connectivity index (χ3v) is 4.90. The summed E-state index contributed by atoms with van der Waals surface area (Å²) < 4.78 is 0. The van der Waals surface area contributed by atoms with E-state index in [1.807, 2.05) is 37.3 Å². The number of nitrogens with one attached hydrogen (secondary N) is 1. The Kier molecular flexibility index (Phi) is 4.81. The van der Waals surface area contributed by atoms with Gasteiger partial charge in [0.1, 0.15) is 0 Å². The minimum absolute atomic E-state index is 0.0489. The van der Waals surface area contributed by atoms with Crippen LogP contribution in [-0.4, -0.2) is 16.7 Å². The molecule has 0 aliphatic carbocycles. The van der Waals surface area contributed by atoms with Crippen molar-refractivity contribution in [2.75, 3.05) is 6.61 Å². The van der Waals surface area contributed by atoms with Crippen LogP contribution in [0.25, 0.3) is 0 Å². The molecule has 21 heavy (non-hydrogen) atoms. The van der Waals surface area contributed by atoms with Crippen molar-refractivity contribution in [1.82, 2.24) is 10.3 Å². The number of hydrogen-bond donors (Lipinski definition) is 2. The normalized spacial score (nSPS) is 14.9. The van der Waals surface area contributed by atoms with E-state index in [0.29, 0.717) is 6.54 Å². The fraction of sp³-hybridized carbons (Fsp3) is 0.471. The molecule has 0 bridgehead atoms. The van der Waals surface area contributed by atoms with Gasteiger partial charge in [-0.15, -0.1) is 11.3 Å². The molecule has 2 rings (SSSR count). The van der Waals surface area contributed by atoms with Crippen molar-refractivity contribution in [2.24, 2.45) is 0 Å². The Balaban J connectivity index is 2.09. The molecular weight excluding hydrogens is 280 g/mol. The highest BCUT2D eigenvalue weighted by molar-refractivity contribution is 7.09. The van der Waals surface area contributed by atoms with Gasteiger partial charge in [0.25, 0.3) is 0 Å². The molecule has 0 aliphatic rings. The van der Waals surface area contributed by atoms with Crippen molar-refractivity contribution in [3.63, 3.8) is 0 Å². The smallest absolute Gasteiger partial charge is 0.0982 e. The zero-order chi connectivity index (χ0) is 15.5. The highest BCUT2D eigenvalue weighted by Crippen LogP contribution is 2.26. The van der Waals surface area contributed by atoms with E-state index in [1.165, 1.54) is 0 Å². The fourth-order valence-corrected chi connectivity index (χ4v) is 2.98. The number of aliphatic hydroxyl groups is 1. The summed E-state index contributed by atoms with van der Waals surface area (Å²) >= 11 is 1.70.